The van der Waals surface area contributed by atoms with Gasteiger partial charge in [-0.05, 0) is 23.6 Å². The number of aromatic nitrogens is 2. The number of amides is 1. The molecule has 0 atom stereocenters. The maximum absolute atomic E-state index is 13.5. The van der Waals surface area contributed by atoms with Gasteiger partial charge in [0.2, 0.25) is 5.82 Å². The number of benzene rings is 1. The van der Waals surface area contributed by atoms with Crippen LogP contribution in [-0.2, 0) is 0 Å². The highest BCUT2D eigenvalue weighted by atomic mass is 19.1. The molecule has 0 aliphatic carbocycles. The van der Waals surface area contributed by atoms with Gasteiger partial charge >= 0.3 is 0 Å². The van der Waals surface area contributed by atoms with Crippen molar-refractivity contribution in [1.29, 1.82) is 0 Å². The van der Waals surface area contributed by atoms with Gasteiger partial charge in [0, 0.05) is 18.9 Å². The number of nitrogens with zero attached hydrogens (tertiary/aromatic N) is 2. The molecule has 1 N–H and O–H groups in total. The molecule has 0 saturated carbocycles. The molecule has 24 heavy (non-hydrogen) atoms. The third-order valence-electron chi connectivity index (χ3n) is 2.90. The Morgan fingerprint density at radius 3 is 2.46 bits per heavy atom. The molecule has 0 aliphatic heterocycles. The highest BCUT2D eigenvalue weighted by molar-refractivity contribution is 5.90. The van der Waals surface area contributed by atoms with Crippen LogP contribution in [0.1, 0.15) is 42.5 Å². The molecule has 1 aromatic heterocycles. The lowest BCUT2D eigenvalue weighted by atomic mass is 9.97. The van der Waals surface area contributed by atoms with E-state index in [2.05, 4.69) is 27.1 Å². The Kier molecular flexibility index (Phi) is 5.24. The fraction of sp³-hybridized carbons (Fsp3) is 0.278. The van der Waals surface area contributed by atoms with Crippen LogP contribution in [0.2, 0.25) is 0 Å². The van der Waals surface area contributed by atoms with E-state index in [0.29, 0.717) is 12.1 Å². The topological polar surface area (TPSA) is 54.9 Å². The highest BCUT2D eigenvalue weighted by Gasteiger charge is 2.14. The Morgan fingerprint density at radius 1 is 1.17 bits per heavy atom. The van der Waals surface area contributed by atoms with Gasteiger partial charge in [0.15, 0.2) is 0 Å². The van der Waals surface area contributed by atoms with Crippen molar-refractivity contribution in [3.8, 4) is 11.8 Å². The van der Waals surface area contributed by atoms with Crippen molar-refractivity contribution >= 4 is 5.91 Å². The number of hydrogen-bond acceptors (Lipinski definition) is 3. The van der Waals surface area contributed by atoms with Gasteiger partial charge in [-0.25, -0.2) is 18.7 Å². The monoisotopic (exact) mass is 329 g/mol. The first-order valence-corrected chi connectivity index (χ1v) is 7.32. The Bertz CT molecular complexity index is 800. The van der Waals surface area contributed by atoms with Crippen molar-refractivity contribution in [3.63, 3.8) is 0 Å². The third-order valence-corrected chi connectivity index (χ3v) is 2.90. The Morgan fingerprint density at radius 2 is 1.83 bits per heavy atom. The summed E-state index contributed by atoms with van der Waals surface area (Å²) in [5.41, 5.74) is 0.295. The largest absolute Gasteiger partial charge is 0.349 e. The summed E-state index contributed by atoms with van der Waals surface area (Å²) in [6, 6.07) is 3.05. The number of nitrogens with one attached hydrogen (secondary N) is 1. The van der Waals surface area contributed by atoms with Crippen LogP contribution < -0.4 is 5.32 Å². The van der Waals surface area contributed by atoms with Crippen molar-refractivity contribution in [2.75, 3.05) is 6.54 Å². The summed E-state index contributed by atoms with van der Waals surface area (Å²) in [7, 11) is 0. The number of carbonyl (C=O) groups is 1. The van der Waals surface area contributed by atoms with Crippen LogP contribution in [-0.4, -0.2) is 22.4 Å². The molecule has 6 heteroatoms. The first-order chi connectivity index (χ1) is 11.2. The summed E-state index contributed by atoms with van der Waals surface area (Å²) in [4.78, 5) is 19.8. The van der Waals surface area contributed by atoms with E-state index in [0.717, 1.165) is 18.2 Å². The summed E-state index contributed by atoms with van der Waals surface area (Å²) >= 11 is 0. The normalized spacial score (nSPS) is 10.7. The van der Waals surface area contributed by atoms with Gasteiger partial charge in [-0.1, -0.05) is 32.6 Å². The second-order valence-corrected chi connectivity index (χ2v) is 6.41. The second-order valence-electron chi connectivity index (χ2n) is 6.41. The lowest BCUT2D eigenvalue weighted by Gasteiger charge is -2.18. The average molecular weight is 329 g/mol. The molecule has 0 spiro atoms. The fourth-order valence-corrected chi connectivity index (χ4v) is 1.67. The molecular weight excluding hydrogens is 312 g/mol. The minimum absolute atomic E-state index is 0.0294. The van der Waals surface area contributed by atoms with Crippen LogP contribution >= 0.6 is 0 Å². The first kappa shape index (κ1) is 17.5. The van der Waals surface area contributed by atoms with Gasteiger partial charge in [-0.3, -0.25) is 4.79 Å². The molecule has 0 bridgehead atoms. The van der Waals surface area contributed by atoms with Gasteiger partial charge < -0.3 is 5.32 Å². The molecule has 1 amide bonds. The Balaban J connectivity index is 2.09. The van der Waals surface area contributed by atoms with E-state index < -0.39 is 11.6 Å². The van der Waals surface area contributed by atoms with Gasteiger partial charge in [0.25, 0.3) is 5.91 Å². The number of rotatable bonds is 2. The molecule has 1 heterocycles. The van der Waals surface area contributed by atoms with Crippen molar-refractivity contribution in [1.82, 2.24) is 15.3 Å². The van der Waals surface area contributed by atoms with E-state index in [1.54, 1.807) is 0 Å². The van der Waals surface area contributed by atoms with E-state index in [1.807, 2.05) is 20.8 Å². The molecule has 0 unspecified atom stereocenters. The van der Waals surface area contributed by atoms with Crippen molar-refractivity contribution in [2.24, 2.45) is 5.41 Å². The summed E-state index contributed by atoms with van der Waals surface area (Å²) in [5.74, 6) is 3.64. The number of hydrogen-bond donors (Lipinski definition) is 1. The van der Waals surface area contributed by atoms with E-state index in [4.69, 9.17) is 0 Å². The van der Waals surface area contributed by atoms with E-state index >= 15 is 0 Å². The summed E-state index contributed by atoms with van der Waals surface area (Å²) in [6.07, 6.45) is 2.73. The van der Waals surface area contributed by atoms with Crippen LogP contribution in [0.4, 0.5) is 8.78 Å². The zero-order chi connectivity index (χ0) is 17.7. The van der Waals surface area contributed by atoms with Crippen molar-refractivity contribution in [3.05, 3.63) is 59.2 Å². The van der Waals surface area contributed by atoms with E-state index in [-0.39, 0.29) is 22.7 Å². The predicted octanol–water partition coefficient (Wildman–Crippen LogP) is 2.93. The minimum Gasteiger partial charge on any atom is -0.349 e. The highest BCUT2D eigenvalue weighted by Crippen LogP contribution is 2.10. The molecule has 0 aliphatic rings. The summed E-state index contributed by atoms with van der Waals surface area (Å²) in [6.45, 7) is 6.49. The van der Waals surface area contributed by atoms with Gasteiger partial charge in [-0.15, -0.1) is 0 Å². The predicted molar refractivity (Wildman–Crippen MR) is 86.2 cm³/mol. The standard InChI is InChI=1S/C18H17F2N3O/c1-18(2,3)11-23-17(24)16-21-9-12(10-22-16)4-5-13-8-14(19)6-7-15(13)20/h6-10H,11H2,1-3H3,(H,23,24). The Hall–Kier alpha value is -2.81. The Labute approximate surface area is 139 Å². The molecule has 0 fully saturated rings. The van der Waals surface area contributed by atoms with Gasteiger partial charge in [0.05, 0.1) is 11.1 Å². The van der Waals surface area contributed by atoms with Crippen LogP contribution in [0.3, 0.4) is 0 Å². The second kappa shape index (κ2) is 7.18. The maximum atomic E-state index is 13.5. The van der Waals surface area contributed by atoms with Crippen LogP contribution in [0, 0.1) is 28.9 Å². The van der Waals surface area contributed by atoms with E-state index in [9.17, 15) is 13.6 Å². The quantitative estimate of drug-likeness (QED) is 0.862. The molecule has 4 nitrogen and oxygen atoms in total. The molecule has 0 radical (unpaired) electrons. The summed E-state index contributed by atoms with van der Waals surface area (Å²) in [5, 5.41) is 2.74. The van der Waals surface area contributed by atoms with Crippen molar-refractivity contribution in [2.45, 2.75) is 20.8 Å². The number of halogens is 2. The van der Waals surface area contributed by atoms with Crippen LogP contribution in [0.5, 0.6) is 0 Å². The fourth-order valence-electron chi connectivity index (χ4n) is 1.67. The minimum atomic E-state index is -0.608. The smallest absolute Gasteiger partial charge is 0.289 e. The molecule has 1 aromatic carbocycles. The van der Waals surface area contributed by atoms with Crippen molar-refractivity contribution < 1.29 is 13.6 Å². The SMILES string of the molecule is CC(C)(C)CNC(=O)c1ncc(C#Cc2cc(F)ccc2F)cn1. The lowest BCUT2D eigenvalue weighted by Crippen LogP contribution is -2.33. The number of carbonyl (C=O) groups excluding carboxylic acids is 1. The molecule has 2 aromatic rings. The zero-order valence-electron chi connectivity index (χ0n) is 13.7. The molecule has 124 valence electrons. The lowest BCUT2D eigenvalue weighted by molar-refractivity contribution is 0.0928. The van der Waals surface area contributed by atoms with E-state index in [1.165, 1.54) is 12.4 Å². The zero-order valence-corrected chi connectivity index (χ0v) is 13.7. The van der Waals surface area contributed by atoms with Gasteiger partial charge in [0.1, 0.15) is 11.6 Å². The molecular formula is C18H17F2N3O. The average Bonchev–Trinajstić information content (AvgIpc) is 2.53. The summed E-state index contributed by atoms with van der Waals surface area (Å²) < 4.78 is 26.5. The molecule has 0 saturated heterocycles. The maximum Gasteiger partial charge on any atom is 0.289 e. The van der Waals surface area contributed by atoms with Crippen LogP contribution in [0.15, 0.2) is 30.6 Å². The van der Waals surface area contributed by atoms with Crippen LogP contribution in [0.25, 0.3) is 0 Å². The first-order valence-electron chi connectivity index (χ1n) is 7.32. The van der Waals surface area contributed by atoms with Gasteiger partial charge in [-0.2, -0.15) is 0 Å². The molecule has 2 rings (SSSR count). The third kappa shape index (κ3) is 5.13.